The largest absolute Gasteiger partial charge is 0.376 e. The van der Waals surface area contributed by atoms with E-state index in [0.29, 0.717) is 17.7 Å². The van der Waals surface area contributed by atoms with Crippen molar-refractivity contribution in [3.63, 3.8) is 0 Å². The molecule has 0 unspecified atom stereocenters. The third-order valence-corrected chi connectivity index (χ3v) is 4.17. The molecule has 0 aromatic heterocycles. The van der Waals surface area contributed by atoms with Gasteiger partial charge >= 0.3 is 11.8 Å². The molecule has 1 aromatic rings. The maximum Gasteiger partial charge on any atom is 0.313 e. The molecule has 0 aliphatic carbocycles. The number of hydrogen-bond donors (Lipinski definition) is 2. The monoisotopic (exact) mass is 335 g/mol. The highest BCUT2D eigenvalue weighted by molar-refractivity contribution is 6.39. The van der Waals surface area contributed by atoms with Crippen molar-refractivity contribution in [1.29, 1.82) is 0 Å². The van der Waals surface area contributed by atoms with Gasteiger partial charge in [-0.15, -0.1) is 0 Å². The molecule has 1 saturated heterocycles. The quantitative estimate of drug-likeness (QED) is 0.495. The van der Waals surface area contributed by atoms with Gasteiger partial charge in [0, 0.05) is 12.7 Å². The molecule has 1 aliphatic rings. The van der Waals surface area contributed by atoms with E-state index < -0.39 is 16.7 Å². The van der Waals surface area contributed by atoms with Crippen LogP contribution in [-0.2, 0) is 14.3 Å². The molecule has 1 aromatic carbocycles. The van der Waals surface area contributed by atoms with E-state index >= 15 is 0 Å². The number of ether oxygens (including phenoxy) is 1. The summed E-state index contributed by atoms with van der Waals surface area (Å²) in [5.74, 6) is -1.64. The van der Waals surface area contributed by atoms with E-state index in [0.717, 1.165) is 12.8 Å². The minimum Gasteiger partial charge on any atom is -0.376 e. The molecule has 8 heteroatoms. The summed E-state index contributed by atoms with van der Waals surface area (Å²) in [7, 11) is 0. The number of nitrogens with zero attached hydrogens (tertiary/aromatic N) is 1. The third-order valence-electron chi connectivity index (χ3n) is 4.17. The smallest absolute Gasteiger partial charge is 0.313 e. The maximum absolute atomic E-state index is 12.1. The van der Waals surface area contributed by atoms with E-state index in [1.54, 1.807) is 13.8 Å². The normalized spacial score (nSPS) is 18.0. The van der Waals surface area contributed by atoms with Gasteiger partial charge in [0.15, 0.2) is 0 Å². The fraction of sp³-hybridized carbons (Fsp3) is 0.500. The Morgan fingerprint density at radius 1 is 1.33 bits per heavy atom. The van der Waals surface area contributed by atoms with Crippen LogP contribution in [0.5, 0.6) is 0 Å². The first kappa shape index (κ1) is 17.9. The molecule has 2 atom stereocenters. The average molecular weight is 335 g/mol. The summed E-state index contributed by atoms with van der Waals surface area (Å²) in [6.45, 7) is 5.68. The fourth-order valence-electron chi connectivity index (χ4n) is 2.76. The molecule has 130 valence electrons. The number of nitrogens with one attached hydrogen (secondary N) is 2. The van der Waals surface area contributed by atoms with E-state index in [-0.39, 0.29) is 23.5 Å². The first-order chi connectivity index (χ1) is 11.3. The molecule has 0 saturated carbocycles. The molecular weight excluding hydrogens is 314 g/mol. The van der Waals surface area contributed by atoms with Gasteiger partial charge in [0.2, 0.25) is 0 Å². The number of amides is 2. The molecule has 2 amide bonds. The Morgan fingerprint density at radius 3 is 2.62 bits per heavy atom. The summed E-state index contributed by atoms with van der Waals surface area (Å²) < 4.78 is 5.47. The van der Waals surface area contributed by atoms with Crippen LogP contribution >= 0.6 is 0 Å². The Balaban J connectivity index is 2.07. The van der Waals surface area contributed by atoms with Gasteiger partial charge in [-0.2, -0.15) is 0 Å². The molecule has 0 radical (unpaired) electrons. The number of benzene rings is 1. The van der Waals surface area contributed by atoms with Crippen LogP contribution in [0.4, 0.5) is 11.4 Å². The molecule has 2 rings (SSSR count). The van der Waals surface area contributed by atoms with Gasteiger partial charge in [-0.1, -0.05) is 6.07 Å². The molecule has 1 heterocycles. The molecule has 0 spiro atoms. The van der Waals surface area contributed by atoms with E-state index in [1.165, 1.54) is 19.1 Å². The summed E-state index contributed by atoms with van der Waals surface area (Å²) in [5.41, 5.74) is 1.14. The summed E-state index contributed by atoms with van der Waals surface area (Å²) in [4.78, 5) is 34.6. The summed E-state index contributed by atoms with van der Waals surface area (Å²) in [6.07, 6.45) is 1.68. The molecule has 1 fully saturated rings. The summed E-state index contributed by atoms with van der Waals surface area (Å²) in [6, 6.07) is 2.63. The zero-order valence-corrected chi connectivity index (χ0v) is 13.9. The molecule has 24 heavy (non-hydrogen) atoms. The minimum absolute atomic E-state index is 0.0944. The van der Waals surface area contributed by atoms with Crippen molar-refractivity contribution < 1.29 is 19.2 Å². The van der Waals surface area contributed by atoms with Crippen LogP contribution < -0.4 is 10.6 Å². The minimum atomic E-state index is -0.855. The van der Waals surface area contributed by atoms with E-state index in [9.17, 15) is 19.7 Å². The molecule has 1 aliphatic heterocycles. The SMILES string of the molecule is Cc1ccc([N+](=O)[O-])c(C)c1NC(=O)C(=O)N[C@H](C)[C@@H]1CCCO1. The van der Waals surface area contributed by atoms with Crippen LogP contribution in [0, 0.1) is 24.0 Å². The lowest BCUT2D eigenvalue weighted by Gasteiger charge is -2.20. The topological polar surface area (TPSA) is 111 Å². The molecule has 0 bridgehead atoms. The molecule has 8 nitrogen and oxygen atoms in total. The lowest BCUT2D eigenvalue weighted by atomic mass is 10.1. The highest BCUT2D eigenvalue weighted by Gasteiger charge is 2.26. The van der Waals surface area contributed by atoms with Crippen LogP contribution in [0.2, 0.25) is 0 Å². The summed E-state index contributed by atoms with van der Waals surface area (Å²) in [5, 5.41) is 16.1. The first-order valence-electron chi connectivity index (χ1n) is 7.79. The number of aryl methyl sites for hydroxylation is 1. The molecule has 2 N–H and O–H groups in total. The van der Waals surface area contributed by atoms with Crippen molar-refractivity contribution in [3.05, 3.63) is 33.4 Å². The Morgan fingerprint density at radius 2 is 2.04 bits per heavy atom. The second-order valence-electron chi connectivity index (χ2n) is 5.93. The predicted octanol–water partition coefficient (Wildman–Crippen LogP) is 1.83. The van der Waals surface area contributed by atoms with Crippen molar-refractivity contribution in [2.45, 2.75) is 45.8 Å². The van der Waals surface area contributed by atoms with Crippen molar-refractivity contribution in [3.8, 4) is 0 Å². The van der Waals surface area contributed by atoms with E-state index in [1.807, 2.05) is 0 Å². The van der Waals surface area contributed by atoms with Gasteiger partial charge in [0.05, 0.1) is 28.3 Å². The lowest BCUT2D eigenvalue weighted by Crippen LogP contribution is -2.45. The number of nitro benzene ring substituents is 1. The van der Waals surface area contributed by atoms with Gasteiger partial charge in [-0.05, 0) is 39.2 Å². The van der Waals surface area contributed by atoms with Crippen molar-refractivity contribution in [2.75, 3.05) is 11.9 Å². The zero-order valence-electron chi connectivity index (χ0n) is 13.9. The Hall–Kier alpha value is -2.48. The second-order valence-corrected chi connectivity index (χ2v) is 5.93. The maximum atomic E-state index is 12.1. The number of anilines is 1. The van der Waals surface area contributed by atoms with E-state index in [2.05, 4.69) is 10.6 Å². The molecular formula is C16H21N3O5. The van der Waals surface area contributed by atoms with Gasteiger partial charge in [-0.25, -0.2) is 0 Å². The lowest BCUT2D eigenvalue weighted by molar-refractivity contribution is -0.385. The third kappa shape index (κ3) is 3.88. The summed E-state index contributed by atoms with van der Waals surface area (Å²) >= 11 is 0. The Bertz CT molecular complexity index is 668. The van der Waals surface area contributed by atoms with Gasteiger partial charge in [0.1, 0.15) is 0 Å². The van der Waals surface area contributed by atoms with Gasteiger partial charge in [0.25, 0.3) is 5.69 Å². The number of carbonyl (C=O) groups is 2. The van der Waals surface area contributed by atoms with Crippen molar-refractivity contribution >= 4 is 23.2 Å². The highest BCUT2D eigenvalue weighted by atomic mass is 16.6. The zero-order chi connectivity index (χ0) is 17.9. The fourth-order valence-corrected chi connectivity index (χ4v) is 2.76. The number of nitro groups is 1. The van der Waals surface area contributed by atoms with Crippen LogP contribution in [0.25, 0.3) is 0 Å². The Labute approximate surface area is 139 Å². The van der Waals surface area contributed by atoms with Crippen molar-refractivity contribution in [2.24, 2.45) is 0 Å². The standard InChI is InChI=1S/C16H21N3O5/c1-9-6-7-12(19(22)23)10(2)14(9)18-16(21)15(20)17-11(3)13-5-4-8-24-13/h6-7,11,13H,4-5,8H2,1-3H3,(H,17,20)(H,18,21)/t11-,13+/m1/s1. The number of hydrogen-bond acceptors (Lipinski definition) is 5. The average Bonchev–Trinajstić information content (AvgIpc) is 3.05. The Kier molecular flexibility index (Phi) is 5.50. The van der Waals surface area contributed by atoms with Crippen LogP contribution in [0.3, 0.4) is 0 Å². The van der Waals surface area contributed by atoms with Crippen LogP contribution in [-0.4, -0.2) is 35.5 Å². The number of rotatable bonds is 4. The van der Waals surface area contributed by atoms with Crippen molar-refractivity contribution in [1.82, 2.24) is 5.32 Å². The van der Waals surface area contributed by atoms with Gasteiger partial charge in [-0.3, -0.25) is 19.7 Å². The first-order valence-corrected chi connectivity index (χ1v) is 7.79. The second kappa shape index (κ2) is 7.39. The highest BCUT2D eigenvalue weighted by Crippen LogP contribution is 2.28. The van der Waals surface area contributed by atoms with E-state index in [4.69, 9.17) is 4.74 Å². The van der Waals surface area contributed by atoms with Gasteiger partial charge < -0.3 is 15.4 Å². The number of carbonyl (C=O) groups excluding carboxylic acids is 2. The van der Waals surface area contributed by atoms with Crippen LogP contribution in [0.1, 0.15) is 30.9 Å². The predicted molar refractivity (Wildman–Crippen MR) is 87.8 cm³/mol. The van der Waals surface area contributed by atoms with Crippen LogP contribution in [0.15, 0.2) is 12.1 Å².